The second-order valence-corrected chi connectivity index (χ2v) is 7.51. The first kappa shape index (κ1) is 12.3. The molecule has 96 valence electrons. The smallest absolute Gasteiger partial charge is 0.325 e. The fourth-order valence-corrected chi connectivity index (χ4v) is 4.01. The summed E-state index contributed by atoms with van der Waals surface area (Å²) in [6, 6.07) is 0.157. The maximum Gasteiger partial charge on any atom is 0.325 e. The Morgan fingerprint density at radius 3 is 2.65 bits per heavy atom. The van der Waals surface area contributed by atoms with Crippen molar-refractivity contribution < 1.29 is 9.53 Å². The van der Waals surface area contributed by atoms with Crippen molar-refractivity contribution in [1.82, 2.24) is 4.90 Å². The number of esters is 1. The zero-order valence-corrected chi connectivity index (χ0v) is 11.5. The van der Waals surface area contributed by atoms with E-state index in [-0.39, 0.29) is 12.0 Å². The summed E-state index contributed by atoms with van der Waals surface area (Å²) in [7, 11) is 0. The van der Waals surface area contributed by atoms with Crippen molar-refractivity contribution in [3.05, 3.63) is 0 Å². The molecule has 0 N–H and O–H groups in total. The molecule has 3 nitrogen and oxygen atoms in total. The van der Waals surface area contributed by atoms with Crippen LogP contribution in [-0.4, -0.2) is 33.0 Å². The van der Waals surface area contributed by atoms with E-state index in [4.69, 9.17) is 39.5 Å². The van der Waals surface area contributed by atoms with Crippen LogP contribution in [0.5, 0.6) is 0 Å². The Morgan fingerprint density at radius 1 is 1.24 bits per heavy atom. The molecule has 6 heteroatoms. The molecule has 2 heterocycles. The van der Waals surface area contributed by atoms with E-state index in [0.29, 0.717) is 12.0 Å². The van der Waals surface area contributed by atoms with Gasteiger partial charge in [0.25, 0.3) is 0 Å². The third-order valence-electron chi connectivity index (χ3n) is 4.19. The normalized spacial score (nSPS) is 42.2. The third-order valence-corrected chi connectivity index (χ3v) is 4.75. The standard InChI is InChI=1S/C11H14Cl3NO2/c12-11(13,14)10-15-7-4-2-1-3-6(7)5-8(15)9(16)17-10/h6-8,10H,1-5H2/t6-,7-,8-,10+/m0/s1. The van der Waals surface area contributed by atoms with Gasteiger partial charge in [-0.15, -0.1) is 0 Å². The predicted molar refractivity (Wildman–Crippen MR) is 66.2 cm³/mol. The van der Waals surface area contributed by atoms with Gasteiger partial charge in [-0.25, -0.2) is 4.90 Å². The van der Waals surface area contributed by atoms with Crippen molar-refractivity contribution in [1.29, 1.82) is 0 Å². The van der Waals surface area contributed by atoms with Gasteiger partial charge in [0.1, 0.15) is 6.04 Å². The van der Waals surface area contributed by atoms with Crippen molar-refractivity contribution in [2.45, 2.75) is 54.2 Å². The maximum atomic E-state index is 11.8. The van der Waals surface area contributed by atoms with Crippen LogP contribution in [0.4, 0.5) is 0 Å². The molecule has 1 saturated carbocycles. The van der Waals surface area contributed by atoms with Gasteiger partial charge in [-0.2, -0.15) is 0 Å². The van der Waals surface area contributed by atoms with E-state index in [1.165, 1.54) is 19.3 Å². The van der Waals surface area contributed by atoms with Crippen LogP contribution in [0.1, 0.15) is 32.1 Å². The lowest BCUT2D eigenvalue weighted by Crippen LogP contribution is -2.47. The summed E-state index contributed by atoms with van der Waals surface area (Å²) in [6.07, 6.45) is 4.84. The summed E-state index contributed by atoms with van der Waals surface area (Å²) < 4.78 is 3.67. The fourth-order valence-electron chi connectivity index (χ4n) is 3.54. The number of carbonyl (C=O) groups excluding carboxylic acids is 1. The first-order valence-corrected chi connectivity index (χ1v) is 7.16. The Labute approximate surface area is 115 Å². The minimum absolute atomic E-state index is 0.191. The van der Waals surface area contributed by atoms with Gasteiger partial charge in [0.05, 0.1) is 0 Å². The molecule has 1 aliphatic carbocycles. The molecule has 0 radical (unpaired) electrons. The number of hydrogen-bond donors (Lipinski definition) is 0. The number of fused-ring (bicyclic) bond motifs is 3. The van der Waals surface area contributed by atoms with Crippen LogP contribution in [0.25, 0.3) is 0 Å². The van der Waals surface area contributed by atoms with Gasteiger partial charge in [-0.1, -0.05) is 47.6 Å². The molecule has 3 aliphatic rings. The zero-order chi connectivity index (χ0) is 12.2. The lowest BCUT2D eigenvalue weighted by molar-refractivity contribution is -0.143. The summed E-state index contributed by atoms with van der Waals surface area (Å²) >= 11 is 17.7. The highest BCUT2D eigenvalue weighted by molar-refractivity contribution is 6.68. The molecule has 17 heavy (non-hydrogen) atoms. The van der Waals surface area contributed by atoms with Crippen LogP contribution < -0.4 is 0 Å². The maximum absolute atomic E-state index is 11.8. The Balaban J connectivity index is 1.89. The highest BCUT2D eigenvalue weighted by Gasteiger charge is 2.59. The largest absolute Gasteiger partial charge is 0.440 e. The average molecular weight is 299 g/mol. The average Bonchev–Trinajstić information content (AvgIpc) is 2.76. The number of hydrogen-bond acceptors (Lipinski definition) is 3. The highest BCUT2D eigenvalue weighted by Crippen LogP contribution is 2.49. The first-order chi connectivity index (χ1) is 7.98. The number of nitrogens with zero attached hydrogens (tertiary/aromatic N) is 1. The molecule has 0 aromatic carbocycles. The second-order valence-electron chi connectivity index (χ2n) is 5.14. The molecule has 0 spiro atoms. The molecule has 2 aliphatic heterocycles. The van der Waals surface area contributed by atoms with Crippen LogP contribution >= 0.6 is 34.8 Å². The van der Waals surface area contributed by atoms with Crippen LogP contribution in [0.3, 0.4) is 0 Å². The lowest BCUT2D eigenvalue weighted by atomic mass is 9.84. The Bertz CT molecular complexity index is 344. The quantitative estimate of drug-likeness (QED) is 0.509. The van der Waals surface area contributed by atoms with Crippen molar-refractivity contribution in [2.75, 3.05) is 0 Å². The zero-order valence-electron chi connectivity index (χ0n) is 9.24. The molecule has 0 unspecified atom stereocenters. The number of halogens is 3. The molecular formula is C11H14Cl3NO2. The van der Waals surface area contributed by atoms with E-state index >= 15 is 0 Å². The van der Waals surface area contributed by atoms with Crippen molar-refractivity contribution in [3.63, 3.8) is 0 Å². The minimum atomic E-state index is -1.56. The van der Waals surface area contributed by atoms with Gasteiger partial charge in [0, 0.05) is 6.04 Å². The van der Waals surface area contributed by atoms with Gasteiger partial charge in [-0.05, 0) is 25.2 Å². The first-order valence-electron chi connectivity index (χ1n) is 6.03. The summed E-state index contributed by atoms with van der Waals surface area (Å²) in [6.45, 7) is 0. The van der Waals surface area contributed by atoms with Crippen LogP contribution in [0.2, 0.25) is 0 Å². The second kappa shape index (κ2) is 4.16. The van der Waals surface area contributed by atoms with Crippen LogP contribution in [-0.2, 0) is 9.53 Å². The lowest BCUT2D eigenvalue weighted by Gasteiger charge is -2.35. The SMILES string of the molecule is O=C1O[C@H](C(Cl)(Cl)Cl)N2[C@H]1C[C@@H]1CCCC[C@@H]12. The molecule has 3 fully saturated rings. The summed E-state index contributed by atoms with van der Waals surface area (Å²) in [5.41, 5.74) is 0. The molecule has 0 aromatic heterocycles. The fraction of sp³-hybridized carbons (Fsp3) is 0.909. The van der Waals surface area contributed by atoms with Crippen molar-refractivity contribution in [3.8, 4) is 0 Å². The number of alkyl halides is 3. The van der Waals surface area contributed by atoms with E-state index in [1.54, 1.807) is 0 Å². The Hall–Kier alpha value is 0.300. The van der Waals surface area contributed by atoms with Gasteiger partial charge in [-0.3, -0.25) is 4.79 Å². The highest BCUT2D eigenvalue weighted by atomic mass is 35.6. The number of cyclic esters (lactones) is 1. The van der Waals surface area contributed by atoms with E-state index in [9.17, 15) is 4.79 Å². The summed E-state index contributed by atoms with van der Waals surface area (Å²) in [5.74, 6) is 0.340. The van der Waals surface area contributed by atoms with Crippen LogP contribution in [0, 0.1) is 5.92 Å². The van der Waals surface area contributed by atoms with Gasteiger partial charge in [0.15, 0.2) is 0 Å². The monoisotopic (exact) mass is 297 g/mol. The van der Waals surface area contributed by atoms with Gasteiger partial charge >= 0.3 is 5.97 Å². The van der Waals surface area contributed by atoms with E-state index in [0.717, 1.165) is 12.8 Å². The molecule has 2 saturated heterocycles. The van der Waals surface area contributed by atoms with Crippen molar-refractivity contribution in [2.24, 2.45) is 5.92 Å². The molecule has 0 aromatic rings. The molecule has 3 rings (SSSR count). The molecule has 0 bridgehead atoms. The summed E-state index contributed by atoms with van der Waals surface area (Å²) in [5, 5.41) is 0. The molecular weight excluding hydrogens is 284 g/mol. The van der Waals surface area contributed by atoms with E-state index < -0.39 is 10.0 Å². The van der Waals surface area contributed by atoms with E-state index in [2.05, 4.69) is 0 Å². The third kappa shape index (κ3) is 1.95. The Kier molecular flexibility index (Phi) is 3.02. The number of rotatable bonds is 0. The van der Waals surface area contributed by atoms with Gasteiger partial charge < -0.3 is 4.74 Å². The predicted octanol–water partition coefficient (Wildman–Crippen LogP) is 2.87. The van der Waals surface area contributed by atoms with Crippen LogP contribution in [0.15, 0.2) is 0 Å². The van der Waals surface area contributed by atoms with Crippen molar-refractivity contribution >= 4 is 40.8 Å². The molecule has 0 amide bonds. The molecule has 4 atom stereocenters. The summed E-state index contributed by atoms with van der Waals surface area (Å²) in [4.78, 5) is 13.8. The van der Waals surface area contributed by atoms with Gasteiger partial charge in [0.2, 0.25) is 10.0 Å². The minimum Gasteiger partial charge on any atom is -0.440 e. The van der Waals surface area contributed by atoms with E-state index in [1.807, 2.05) is 4.90 Å². The number of carbonyl (C=O) groups is 1. The number of ether oxygens (including phenoxy) is 1. The Morgan fingerprint density at radius 2 is 1.94 bits per heavy atom. The topological polar surface area (TPSA) is 29.5 Å².